The number of nitrogens with one attached hydrogen (secondary N) is 2. The summed E-state index contributed by atoms with van der Waals surface area (Å²) in [5, 5.41) is 0. The lowest BCUT2D eigenvalue weighted by molar-refractivity contribution is -0.132. The number of rotatable bonds is 4. The third kappa shape index (κ3) is 4.55. The van der Waals surface area contributed by atoms with Crippen LogP contribution in [0.2, 0.25) is 0 Å². The largest absolute Gasteiger partial charge is 0.341 e. The van der Waals surface area contributed by atoms with Gasteiger partial charge in [0.05, 0.1) is 0 Å². The van der Waals surface area contributed by atoms with Gasteiger partial charge < -0.3 is 24.7 Å². The fraction of sp³-hybridized carbons (Fsp3) is 0.722. The van der Waals surface area contributed by atoms with E-state index in [0.717, 1.165) is 19.5 Å². The molecule has 1 aromatic heterocycles. The summed E-state index contributed by atoms with van der Waals surface area (Å²) in [5.74, 6) is -0.0215. The van der Waals surface area contributed by atoms with Crippen LogP contribution in [0.3, 0.4) is 0 Å². The van der Waals surface area contributed by atoms with E-state index in [-0.39, 0.29) is 29.2 Å². The van der Waals surface area contributed by atoms with Crippen LogP contribution in [0.1, 0.15) is 49.5 Å². The Morgan fingerprint density at radius 1 is 1.00 bits per heavy atom. The quantitative estimate of drug-likeness (QED) is 0.821. The molecule has 8 heteroatoms. The van der Waals surface area contributed by atoms with Gasteiger partial charge in [-0.25, -0.2) is 4.79 Å². The van der Waals surface area contributed by atoms with Crippen LogP contribution < -0.4 is 5.69 Å². The van der Waals surface area contributed by atoms with Crippen LogP contribution in [-0.4, -0.2) is 81.8 Å². The second-order valence-corrected chi connectivity index (χ2v) is 7.33. The van der Waals surface area contributed by atoms with Gasteiger partial charge in [-0.05, 0) is 39.3 Å². The normalized spacial score (nSPS) is 20.7. The lowest BCUT2D eigenvalue weighted by Crippen LogP contribution is -2.43. The molecule has 1 unspecified atom stereocenters. The van der Waals surface area contributed by atoms with Gasteiger partial charge >= 0.3 is 5.69 Å². The zero-order valence-electron chi connectivity index (χ0n) is 15.5. The Morgan fingerprint density at radius 2 is 1.69 bits per heavy atom. The first-order chi connectivity index (χ1) is 12.5. The number of piperidine rings is 1. The minimum atomic E-state index is -0.383. The molecule has 3 rings (SSSR count). The van der Waals surface area contributed by atoms with Crippen molar-refractivity contribution in [1.82, 2.24) is 24.7 Å². The van der Waals surface area contributed by atoms with E-state index >= 15 is 0 Å². The minimum absolute atomic E-state index is 0.174. The van der Waals surface area contributed by atoms with Gasteiger partial charge in [0.1, 0.15) is 5.69 Å². The van der Waals surface area contributed by atoms with Gasteiger partial charge in [0, 0.05) is 44.8 Å². The van der Waals surface area contributed by atoms with Crippen LogP contribution in [0.25, 0.3) is 0 Å². The molecule has 2 saturated heterocycles. The maximum atomic E-state index is 12.7. The number of imidazole rings is 1. The molecule has 8 nitrogen and oxygen atoms in total. The Labute approximate surface area is 153 Å². The van der Waals surface area contributed by atoms with Gasteiger partial charge in [0.2, 0.25) is 5.91 Å². The predicted octanol–water partition coefficient (Wildman–Crippen LogP) is 0.642. The van der Waals surface area contributed by atoms with Gasteiger partial charge in [-0.15, -0.1) is 0 Å². The Bertz CT molecular complexity index is 676. The fourth-order valence-electron chi connectivity index (χ4n) is 3.86. The van der Waals surface area contributed by atoms with Crippen molar-refractivity contribution in [1.29, 1.82) is 0 Å². The third-order valence-electron chi connectivity index (χ3n) is 5.45. The van der Waals surface area contributed by atoms with Crippen molar-refractivity contribution < 1.29 is 9.59 Å². The number of hydrogen-bond donors (Lipinski definition) is 2. The SMILES string of the molecule is CC(CC(=O)N1CCCN(C(=O)c2c[nH]c(=O)[nH]2)CC1)N1CCCCC1. The summed E-state index contributed by atoms with van der Waals surface area (Å²) >= 11 is 0. The molecule has 144 valence electrons. The zero-order chi connectivity index (χ0) is 18.5. The molecule has 2 aliphatic rings. The van der Waals surface area contributed by atoms with Crippen LogP contribution >= 0.6 is 0 Å². The first-order valence-electron chi connectivity index (χ1n) is 9.63. The summed E-state index contributed by atoms with van der Waals surface area (Å²) in [6.07, 6.45) is 6.43. The van der Waals surface area contributed by atoms with Crippen molar-refractivity contribution >= 4 is 11.8 Å². The van der Waals surface area contributed by atoms with Gasteiger partial charge in [-0.2, -0.15) is 0 Å². The molecule has 2 amide bonds. The highest BCUT2D eigenvalue weighted by atomic mass is 16.2. The third-order valence-corrected chi connectivity index (χ3v) is 5.45. The number of aromatic nitrogens is 2. The zero-order valence-corrected chi connectivity index (χ0v) is 15.5. The van der Waals surface area contributed by atoms with Crippen molar-refractivity contribution in [3.63, 3.8) is 0 Å². The lowest BCUT2D eigenvalue weighted by atomic mass is 10.1. The van der Waals surface area contributed by atoms with Crippen molar-refractivity contribution in [2.75, 3.05) is 39.3 Å². The van der Waals surface area contributed by atoms with Crippen molar-refractivity contribution in [3.05, 3.63) is 22.4 Å². The van der Waals surface area contributed by atoms with Crippen molar-refractivity contribution in [3.8, 4) is 0 Å². The molecule has 0 bridgehead atoms. The van der Waals surface area contributed by atoms with Crippen LogP contribution in [0.4, 0.5) is 0 Å². The van der Waals surface area contributed by atoms with E-state index in [1.165, 1.54) is 25.5 Å². The van der Waals surface area contributed by atoms with Crippen LogP contribution in [0.15, 0.2) is 11.0 Å². The molecular weight excluding hydrogens is 334 g/mol. The summed E-state index contributed by atoms with van der Waals surface area (Å²) in [7, 11) is 0. The number of nitrogens with zero attached hydrogens (tertiary/aromatic N) is 3. The topological polar surface area (TPSA) is 92.5 Å². The highest BCUT2D eigenvalue weighted by molar-refractivity contribution is 5.92. The van der Waals surface area contributed by atoms with Gasteiger partial charge in [0.25, 0.3) is 5.91 Å². The van der Waals surface area contributed by atoms with E-state index in [2.05, 4.69) is 21.8 Å². The molecule has 2 fully saturated rings. The second-order valence-electron chi connectivity index (χ2n) is 7.33. The smallest absolute Gasteiger partial charge is 0.323 e. The number of carbonyl (C=O) groups excluding carboxylic acids is 2. The standard InChI is InChI=1S/C18H29N5O3/c1-14(21-6-3-2-4-7-21)12-16(24)22-8-5-9-23(11-10-22)17(25)15-13-19-18(26)20-15/h13-14H,2-12H2,1H3,(H2,19,20,26). The van der Waals surface area contributed by atoms with E-state index in [4.69, 9.17) is 0 Å². The molecular formula is C18H29N5O3. The molecule has 0 radical (unpaired) electrons. The fourth-order valence-corrected chi connectivity index (χ4v) is 3.86. The lowest BCUT2D eigenvalue weighted by Gasteiger charge is -2.33. The number of amides is 2. The van der Waals surface area contributed by atoms with E-state index in [9.17, 15) is 14.4 Å². The monoisotopic (exact) mass is 363 g/mol. The highest BCUT2D eigenvalue weighted by Gasteiger charge is 2.26. The maximum absolute atomic E-state index is 12.7. The number of likely N-dealkylation sites (tertiary alicyclic amines) is 1. The number of carbonyl (C=O) groups is 2. The Kier molecular flexibility index (Phi) is 6.13. The average Bonchev–Trinajstić information content (AvgIpc) is 2.93. The molecule has 0 aliphatic carbocycles. The minimum Gasteiger partial charge on any atom is -0.341 e. The van der Waals surface area contributed by atoms with Crippen molar-refractivity contribution in [2.45, 2.75) is 45.1 Å². The summed E-state index contributed by atoms with van der Waals surface area (Å²) in [6.45, 7) is 6.63. The van der Waals surface area contributed by atoms with Gasteiger partial charge in [-0.3, -0.25) is 9.59 Å². The Morgan fingerprint density at radius 3 is 2.38 bits per heavy atom. The Hall–Kier alpha value is -2.09. The highest BCUT2D eigenvalue weighted by Crippen LogP contribution is 2.16. The van der Waals surface area contributed by atoms with E-state index in [1.807, 2.05) is 4.90 Å². The second kappa shape index (κ2) is 8.53. The van der Waals surface area contributed by atoms with E-state index in [0.29, 0.717) is 32.6 Å². The Balaban J connectivity index is 1.51. The summed E-state index contributed by atoms with van der Waals surface area (Å²) in [5.41, 5.74) is -0.111. The molecule has 3 heterocycles. The van der Waals surface area contributed by atoms with Gasteiger partial charge in [0.15, 0.2) is 0 Å². The van der Waals surface area contributed by atoms with E-state index < -0.39 is 0 Å². The summed E-state index contributed by atoms with van der Waals surface area (Å²) < 4.78 is 0. The van der Waals surface area contributed by atoms with Gasteiger partial charge in [-0.1, -0.05) is 6.42 Å². The number of hydrogen-bond acceptors (Lipinski definition) is 4. The number of H-pyrrole nitrogens is 2. The molecule has 0 spiro atoms. The summed E-state index contributed by atoms with van der Waals surface area (Å²) in [6, 6.07) is 0.272. The van der Waals surface area contributed by atoms with Crippen molar-refractivity contribution in [2.24, 2.45) is 0 Å². The van der Waals surface area contributed by atoms with E-state index in [1.54, 1.807) is 4.90 Å². The number of aromatic amines is 2. The predicted molar refractivity (Wildman–Crippen MR) is 98.0 cm³/mol. The summed E-state index contributed by atoms with van der Waals surface area (Å²) in [4.78, 5) is 47.3. The van der Waals surface area contributed by atoms with Crippen LogP contribution in [0, 0.1) is 0 Å². The first-order valence-corrected chi connectivity index (χ1v) is 9.63. The molecule has 1 atom stereocenters. The molecule has 0 saturated carbocycles. The first kappa shape index (κ1) is 18.7. The molecule has 2 N–H and O–H groups in total. The molecule has 0 aromatic carbocycles. The molecule has 26 heavy (non-hydrogen) atoms. The molecule has 1 aromatic rings. The average molecular weight is 363 g/mol. The van der Waals surface area contributed by atoms with Crippen LogP contribution in [0.5, 0.6) is 0 Å². The van der Waals surface area contributed by atoms with Crippen LogP contribution in [-0.2, 0) is 4.79 Å². The molecule has 2 aliphatic heterocycles. The maximum Gasteiger partial charge on any atom is 0.323 e.